The maximum absolute atomic E-state index is 12.7. The van der Waals surface area contributed by atoms with Crippen LogP contribution in [0.4, 0.5) is 5.69 Å². The second-order valence-corrected chi connectivity index (χ2v) is 9.40. The summed E-state index contributed by atoms with van der Waals surface area (Å²) in [6, 6.07) is 6.05. The quantitative estimate of drug-likeness (QED) is 0.624. The van der Waals surface area contributed by atoms with Crippen molar-refractivity contribution in [3.05, 3.63) is 29.3 Å². The summed E-state index contributed by atoms with van der Waals surface area (Å²) < 4.78 is 0. The summed E-state index contributed by atoms with van der Waals surface area (Å²) in [6.45, 7) is 15.1. The molecule has 0 aromatic heterocycles. The minimum absolute atomic E-state index is 0.0536. The fourth-order valence-electron chi connectivity index (χ4n) is 5.06. The molecule has 2 fully saturated rings. The molecule has 2 saturated heterocycles. The molecule has 2 aliphatic heterocycles. The van der Waals surface area contributed by atoms with E-state index in [0.29, 0.717) is 24.9 Å². The molecule has 1 aromatic carbocycles. The Kier molecular flexibility index (Phi) is 7.30. The molecule has 29 heavy (non-hydrogen) atoms. The smallest absolute Gasteiger partial charge is 0.279 e. The zero-order valence-electron chi connectivity index (χ0n) is 18.5. The van der Waals surface area contributed by atoms with Crippen LogP contribution in [0.2, 0.25) is 0 Å². The highest BCUT2D eigenvalue weighted by molar-refractivity contribution is 5.93. The number of rotatable bonds is 5. The van der Waals surface area contributed by atoms with Crippen molar-refractivity contribution in [2.24, 2.45) is 11.8 Å². The molecule has 3 atom stereocenters. The summed E-state index contributed by atoms with van der Waals surface area (Å²) in [5, 5.41) is 3.08. The molecule has 0 radical (unpaired) electrons. The van der Waals surface area contributed by atoms with E-state index < -0.39 is 0 Å². The fraction of sp³-hybridized carbons (Fsp3) is 0.652. The van der Waals surface area contributed by atoms with E-state index in [1.807, 2.05) is 36.9 Å². The largest absolute Gasteiger partial charge is 0.327 e. The molecule has 3 N–H and O–H groups in total. The third-order valence-electron chi connectivity index (χ3n) is 6.46. The first kappa shape index (κ1) is 21.8. The van der Waals surface area contributed by atoms with Crippen LogP contribution in [-0.4, -0.2) is 69.1 Å². The van der Waals surface area contributed by atoms with E-state index in [-0.39, 0.29) is 11.8 Å². The Balaban J connectivity index is 1.43. The molecule has 2 heterocycles. The number of hydrogen-bond acceptors (Lipinski definition) is 2. The van der Waals surface area contributed by atoms with Crippen LogP contribution in [0.1, 0.15) is 31.4 Å². The Morgan fingerprint density at radius 1 is 1.00 bits per heavy atom. The molecule has 3 rings (SSSR count). The molecule has 2 aliphatic rings. The summed E-state index contributed by atoms with van der Waals surface area (Å²) in [4.78, 5) is 29.9. The summed E-state index contributed by atoms with van der Waals surface area (Å²) in [5.41, 5.74) is 3.11. The van der Waals surface area contributed by atoms with Gasteiger partial charge in [-0.15, -0.1) is 0 Å². The average Bonchev–Trinajstić information content (AvgIpc) is 2.64. The van der Waals surface area contributed by atoms with Crippen LogP contribution in [0, 0.1) is 25.7 Å². The van der Waals surface area contributed by atoms with Gasteiger partial charge in [-0.05, 0) is 31.4 Å². The number of benzene rings is 1. The Bertz CT molecular complexity index is 697. The van der Waals surface area contributed by atoms with Gasteiger partial charge in [0.15, 0.2) is 13.1 Å². The lowest BCUT2D eigenvalue weighted by Gasteiger charge is -2.35. The third kappa shape index (κ3) is 6.03. The summed E-state index contributed by atoms with van der Waals surface area (Å²) >= 11 is 0. The number of carbonyl (C=O) groups is 2. The van der Waals surface area contributed by atoms with Crippen LogP contribution >= 0.6 is 0 Å². The van der Waals surface area contributed by atoms with E-state index in [4.69, 9.17) is 0 Å². The number of likely N-dealkylation sites (tertiary alicyclic amines) is 1. The number of hydrogen-bond donors (Lipinski definition) is 3. The first-order valence-electron chi connectivity index (χ1n) is 11.1. The van der Waals surface area contributed by atoms with E-state index >= 15 is 0 Å². The molecular formula is C23H38N4O2+2. The predicted molar refractivity (Wildman–Crippen MR) is 115 cm³/mol. The molecule has 1 aromatic rings. The first-order chi connectivity index (χ1) is 13.8. The zero-order valence-corrected chi connectivity index (χ0v) is 18.5. The molecular weight excluding hydrogens is 364 g/mol. The normalized spacial score (nSPS) is 25.7. The van der Waals surface area contributed by atoms with Crippen LogP contribution < -0.4 is 15.1 Å². The van der Waals surface area contributed by atoms with Gasteiger partial charge in [0.1, 0.15) is 0 Å². The minimum atomic E-state index is 0.0536. The van der Waals surface area contributed by atoms with Crippen molar-refractivity contribution in [1.82, 2.24) is 4.90 Å². The van der Waals surface area contributed by atoms with Gasteiger partial charge in [-0.1, -0.05) is 32.0 Å². The third-order valence-corrected chi connectivity index (χ3v) is 6.46. The maximum Gasteiger partial charge on any atom is 0.279 e. The van der Waals surface area contributed by atoms with Gasteiger partial charge < -0.3 is 20.0 Å². The summed E-state index contributed by atoms with van der Waals surface area (Å²) in [7, 11) is 0. The lowest BCUT2D eigenvalue weighted by Crippen LogP contribution is -3.17. The molecule has 0 spiro atoms. The Labute approximate surface area is 175 Å². The molecule has 1 unspecified atom stereocenters. The van der Waals surface area contributed by atoms with Crippen molar-refractivity contribution in [2.45, 2.75) is 34.1 Å². The number of aryl methyl sites for hydroxylation is 2. The van der Waals surface area contributed by atoms with E-state index in [2.05, 4.69) is 19.2 Å². The Morgan fingerprint density at radius 2 is 1.59 bits per heavy atom. The van der Waals surface area contributed by atoms with Gasteiger partial charge in [-0.25, -0.2) is 0 Å². The predicted octanol–water partition coefficient (Wildman–Crippen LogP) is -0.470. The van der Waals surface area contributed by atoms with Crippen molar-refractivity contribution in [3.8, 4) is 0 Å². The lowest BCUT2D eigenvalue weighted by molar-refractivity contribution is -0.905. The van der Waals surface area contributed by atoms with Gasteiger partial charge in [-0.2, -0.15) is 0 Å². The SMILES string of the molecule is Cc1cccc(C)c1NC(=O)C[NH+]1CCN(C(=O)C[NH+]2C[C@H](C)C[C@H](C)C2)CC1. The van der Waals surface area contributed by atoms with Gasteiger partial charge in [0.2, 0.25) is 0 Å². The Hall–Kier alpha value is -1.92. The number of para-hydroxylation sites is 1. The van der Waals surface area contributed by atoms with E-state index in [0.717, 1.165) is 56.1 Å². The van der Waals surface area contributed by atoms with Crippen LogP contribution in [0.25, 0.3) is 0 Å². The van der Waals surface area contributed by atoms with Gasteiger partial charge in [0.25, 0.3) is 11.8 Å². The summed E-state index contributed by atoms with van der Waals surface area (Å²) in [6.07, 6.45) is 1.28. The van der Waals surface area contributed by atoms with Gasteiger partial charge in [0, 0.05) is 17.5 Å². The number of carbonyl (C=O) groups excluding carboxylic acids is 2. The number of nitrogens with one attached hydrogen (secondary N) is 3. The number of piperazine rings is 1. The average molecular weight is 403 g/mol. The number of nitrogens with zero attached hydrogens (tertiary/aromatic N) is 1. The highest BCUT2D eigenvalue weighted by Gasteiger charge is 2.31. The van der Waals surface area contributed by atoms with E-state index in [1.165, 1.54) is 16.2 Å². The number of quaternary nitrogens is 2. The van der Waals surface area contributed by atoms with Crippen molar-refractivity contribution in [1.29, 1.82) is 0 Å². The number of piperidine rings is 1. The minimum Gasteiger partial charge on any atom is -0.327 e. The standard InChI is InChI=1S/C23H36N4O2/c1-17-12-18(2)14-26(13-17)16-22(29)27-10-8-25(9-11-27)15-21(28)24-23-19(3)6-5-7-20(23)4/h5-7,17-18H,8-16H2,1-4H3,(H,24,28)/p+2/t17-,18+. The van der Waals surface area contributed by atoms with Crippen LogP contribution in [-0.2, 0) is 9.59 Å². The molecule has 2 amide bonds. The monoisotopic (exact) mass is 402 g/mol. The Morgan fingerprint density at radius 3 is 2.17 bits per heavy atom. The molecule has 6 nitrogen and oxygen atoms in total. The van der Waals surface area contributed by atoms with Crippen molar-refractivity contribution in [3.63, 3.8) is 0 Å². The number of amides is 2. The summed E-state index contributed by atoms with van der Waals surface area (Å²) in [5.74, 6) is 1.75. The van der Waals surface area contributed by atoms with Gasteiger partial charge in [0.05, 0.1) is 39.3 Å². The van der Waals surface area contributed by atoms with Crippen molar-refractivity contribution >= 4 is 17.5 Å². The van der Waals surface area contributed by atoms with Gasteiger partial charge in [-0.3, -0.25) is 9.59 Å². The highest BCUT2D eigenvalue weighted by Crippen LogP contribution is 2.18. The molecule has 6 heteroatoms. The van der Waals surface area contributed by atoms with Gasteiger partial charge >= 0.3 is 0 Å². The second kappa shape index (κ2) is 9.72. The second-order valence-electron chi connectivity index (χ2n) is 9.40. The highest BCUT2D eigenvalue weighted by atomic mass is 16.2. The number of anilines is 1. The fourth-order valence-corrected chi connectivity index (χ4v) is 5.06. The van der Waals surface area contributed by atoms with Crippen molar-refractivity contribution in [2.75, 3.05) is 57.7 Å². The van der Waals surface area contributed by atoms with Crippen LogP contribution in [0.3, 0.4) is 0 Å². The molecule has 160 valence electrons. The molecule has 0 aliphatic carbocycles. The zero-order chi connectivity index (χ0) is 21.0. The topological polar surface area (TPSA) is 58.3 Å². The van der Waals surface area contributed by atoms with E-state index in [9.17, 15) is 9.59 Å². The first-order valence-corrected chi connectivity index (χ1v) is 11.1. The molecule has 0 bridgehead atoms. The lowest BCUT2D eigenvalue weighted by atomic mass is 9.92. The molecule has 0 saturated carbocycles. The van der Waals surface area contributed by atoms with Crippen LogP contribution in [0.5, 0.6) is 0 Å². The van der Waals surface area contributed by atoms with E-state index in [1.54, 1.807) is 0 Å². The van der Waals surface area contributed by atoms with Crippen molar-refractivity contribution < 1.29 is 19.4 Å². The maximum atomic E-state index is 12.7. The van der Waals surface area contributed by atoms with Crippen LogP contribution in [0.15, 0.2) is 18.2 Å².